The average molecular weight is 693 g/mol. The van der Waals surface area contributed by atoms with Gasteiger partial charge in [-0.15, -0.1) is 11.0 Å². The molecule has 0 aliphatic carbocycles. The molecular formula is C43H25N5OZn. The van der Waals surface area contributed by atoms with E-state index in [1.165, 1.54) is 26.9 Å². The molecule has 0 bridgehead atoms. The van der Waals surface area contributed by atoms with E-state index in [-0.39, 0.29) is 19.5 Å². The van der Waals surface area contributed by atoms with E-state index in [0.717, 1.165) is 60.0 Å². The van der Waals surface area contributed by atoms with E-state index < -0.39 is 0 Å². The Kier molecular flexibility index (Phi) is 7.22. The van der Waals surface area contributed by atoms with Crippen molar-refractivity contribution in [3.63, 3.8) is 0 Å². The molecule has 5 aromatic heterocycles. The second-order valence-electron chi connectivity index (χ2n) is 12.0. The number of rotatable bonds is 1. The second-order valence-corrected chi connectivity index (χ2v) is 12.0. The van der Waals surface area contributed by atoms with Crippen LogP contribution in [-0.4, -0.2) is 9.97 Å². The van der Waals surface area contributed by atoms with Gasteiger partial charge in [-0.25, -0.2) is 0 Å². The van der Waals surface area contributed by atoms with Gasteiger partial charge in [-0.05, 0) is 78.2 Å². The van der Waals surface area contributed by atoms with E-state index in [1.807, 2.05) is 72.9 Å². The van der Waals surface area contributed by atoms with Crippen molar-refractivity contribution in [3.8, 4) is 0 Å². The van der Waals surface area contributed by atoms with E-state index in [4.69, 9.17) is 9.40 Å². The first kappa shape index (κ1) is 29.9. The van der Waals surface area contributed by atoms with Crippen molar-refractivity contribution in [1.29, 1.82) is 0 Å². The van der Waals surface area contributed by atoms with Gasteiger partial charge in [0.15, 0.2) is 5.58 Å². The van der Waals surface area contributed by atoms with Gasteiger partial charge in [0, 0.05) is 17.8 Å². The van der Waals surface area contributed by atoms with Crippen molar-refractivity contribution in [2.24, 2.45) is 4.99 Å². The summed E-state index contributed by atoms with van der Waals surface area (Å²) in [6, 6.07) is 45.3. The molecule has 0 atom stereocenters. The molecule has 0 aliphatic rings. The molecule has 0 radical (unpaired) electrons. The quantitative estimate of drug-likeness (QED) is 0.126. The summed E-state index contributed by atoms with van der Waals surface area (Å²) in [4.78, 5) is 23.2. The molecule has 230 valence electrons. The molecule has 0 saturated carbocycles. The van der Waals surface area contributed by atoms with Gasteiger partial charge in [0.2, 0.25) is 0 Å². The summed E-state index contributed by atoms with van der Waals surface area (Å²) in [5.41, 5.74) is 5.30. The van der Waals surface area contributed by atoms with Crippen LogP contribution in [0.15, 0.2) is 161 Å². The molecule has 0 N–H and O–H groups in total. The molecule has 50 heavy (non-hydrogen) atoms. The third kappa shape index (κ3) is 4.70. The van der Waals surface area contributed by atoms with E-state index in [9.17, 15) is 0 Å². The van der Waals surface area contributed by atoms with Gasteiger partial charge in [0.1, 0.15) is 11.1 Å². The Balaban J connectivity index is 0.000000138. The van der Waals surface area contributed by atoms with E-state index in [1.54, 1.807) is 12.4 Å². The third-order valence-electron chi connectivity index (χ3n) is 9.28. The Bertz CT molecular complexity index is 3130. The van der Waals surface area contributed by atoms with Crippen LogP contribution >= 0.6 is 0 Å². The number of hydrogen-bond acceptors (Lipinski definition) is 4. The molecule has 0 fully saturated rings. The van der Waals surface area contributed by atoms with Crippen molar-refractivity contribution in [3.05, 3.63) is 158 Å². The van der Waals surface area contributed by atoms with Crippen molar-refractivity contribution in [2.75, 3.05) is 0 Å². The van der Waals surface area contributed by atoms with Crippen LogP contribution in [0.1, 0.15) is 0 Å². The van der Waals surface area contributed by atoms with Crippen LogP contribution in [0.5, 0.6) is 0 Å². The number of furan rings is 1. The van der Waals surface area contributed by atoms with Gasteiger partial charge in [-0.3, -0.25) is 9.97 Å². The van der Waals surface area contributed by atoms with Gasteiger partial charge >= 0.3 is 19.5 Å². The Hall–Kier alpha value is -6.17. The van der Waals surface area contributed by atoms with E-state index in [2.05, 4.69) is 86.7 Å². The zero-order valence-electron chi connectivity index (χ0n) is 26.8. The number of nitrogens with zero attached hydrogens (tertiary/aromatic N) is 5. The predicted molar refractivity (Wildman–Crippen MR) is 199 cm³/mol. The summed E-state index contributed by atoms with van der Waals surface area (Å²) >= 11 is 0. The van der Waals surface area contributed by atoms with Crippen molar-refractivity contribution >= 4 is 92.8 Å². The van der Waals surface area contributed by atoms with Crippen molar-refractivity contribution < 1.29 is 23.9 Å². The number of pyridine rings is 3. The minimum atomic E-state index is 0. The average Bonchev–Trinajstić information content (AvgIpc) is 3.75. The van der Waals surface area contributed by atoms with Gasteiger partial charge in [-0.2, -0.15) is 0 Å². The largest absolute Gasteiger partial charge is 2.00 e. The molecule has 0 amide bonds. The molecule has 0 spiro atoms. The number of para-hydroxylation sites is 1. The molecule has 0 aliphatic heterocycles. The first-order valence-corrected chi connectivity index (χ1v) is 16.2. The standard InChI is InChI=1S/C25H13N2O.C18H12N3.Zn/c1-2-7-15-14(6-1)16-11-12-19-23(24-20(28-19)10-5-13-26-24)22(16)25-21(15)17-8-3-4-9-18(17)27-25;1-3-7-15-13(5-1)9-11-19-17(15)21-18-16-8-4-2-6-14(16)10-12-20-18;/h1-13H;1-12H;/q2*-1;+2. The molecule has 6 nitrogen and oxygen atoms in total. The number of hydrogen-bond donors (Lipinski definition) is 0. The Morgan fingerprint density at radius 2 is 1.20 bits per heavy atom. The fourth-order valence-electron chi connectivity index (χ4n) is 7.12. The molecule has 5 heterocycles. The maximum atomic E-state index is 6.11. The molecule has 6 aromatic carbocycles. The summed E-state index contributed by atoms with van der Waals surface area (Å²) in [7, 11) is 0. The molecule has 11 rings (SSSR count). The van der Waals surface area contributed by atoms with Gasteiger partial charge in [0.05, 0.1) is 11.2 Å². The van der Waals surface area contributed by atoms with Crippen LogP contribution in [0.2, 0.25) is 0 Å². The summed E-state index contributed by atoms with van der Waals surface area (Å²) in [6.45, 7) is 0. The Morgan fingerprint density at radius 1 is 0.500 bits per heavy atom. The zero-order valence-corrected chi connectivity index (χ0v) is 29.8. The number of fused-ring (bicyclic) bond motifs is 14. The van der Waals surface area contributed by atoms with E-state index >= 15 is 0 Å². The summed E-state index contributed by atoms with van der Waals surface area (Å²) in [5, 5.41) is 12.6. The van der Waals surface area contributed by atoms with Crippen LogP contribution in [0, 0.1) is 0 Å². The monoisotopic (exact) mass is 691 g/mol. The minimum absolute atomic E-state index is 0. The first-order valence-electron chi connectivity index (χ1n) is 16.2. The molecule has 0 saturated heterocycles. The van der Waals surface area contributed by atoms with Gasteiger partial charge in [0.25, 0.3) is 0 Å². The van der Waals surface area contributed by atoms with Crippen LogP contribution in [-0.2, 0) is 19.5 Å². The van der Waals surface area contributed by atoms with Crippen LogP contribution in [0.3, 0.4) is 0 Å². The van der Waals surface area contributed by atoms with Crippen LogP contribution < -0.4 is 15.5 Å². The zero-order chi connectivity index (χ0) is 32.3. The summed E-state index contributed by atoms with van der Waals surface area (Å²) in [6.07, 6.45) is 5.39. The number of aromatic nitrogens is 4. The van der Waals surface area contributed by atoms with Crippen molar-refractivity contribution in [2.45, 2.75) is 0 Å². The van der Waals surface area contributed by atoms with Crippen molar-refractivity contribution in [1.82, 2.24) is 19.9 Å². The van der Waals surface area contributed by atoms with Gasteiger partial charge < -0.3 is 19.4 Å². The molecule has 11 aromatic rings. The van der Waals surface area contributed by atoms with Crippen LogP contribution in [0.4, 0.5) is 5.82 Å². The third-order valence-corrected chi connectivity index (χ3v) is 9.28. The normalized spacial score (nSPS) is 12.0. The molecule has 7 heteroatoms. The topological polar surface area (TPSA) is 79.5 Å². The summed E-state index contributed by atoms with van der Waals surface area (Å²) < 4.78 is 6.11. The first-order chi connectivity index (χ1) is 24.3. The van der Waals surface area contributed by atoms with Gasteiger partial charge in [-0.1, -0.05) is 115 Å². The predicted octanol–water partition coefficient (Wildman–Crippen LogP) is 10.1. The fraction of sp³-hybridized carbons (Fsp3) is 0. The van der Waals surface area contributed by atoms with E-state index in [0.29, 0.717) is 11.3 Å². The SMILES string of the molecule is [Zn+2].c1ccc2c(N=c3[n-]ccc4ccccc34)nccc2c1.c1ccc2c(c1)[n-]c1c2c2ccccc2c2ccc3oc4cccnc4c3c21. The van der Waals surface area contributed by atoms with Crippen LogP contribution in [0.25, 0.3) is 87.0 Å². The Morgan fingerprint density at radius 3 is 2.06 bits per heavy atom. The summed E-state index contributed by atoms with van der Waals surface area (Å²) in [5.74, 6) is 0.706. The second kappa shape index (κ2) is 12.1. The molecule has 0 unspecified atom stereocenters. The minimum Gasteiger partial charge on any atom is -0.656 e. The number of benzene rings is 6. The fourth-order valence-corrected chi connectivity index (χ4v) is 7.12. The Labute approximate surface area is 297 Å². The molecular weight excluding hydrogens is 668 g/mol. The maximum absolute atomic E-state index is 6.11. The maximum Gasteiger partial charge on any atom is 2.00 e. The smallest absolute Gasteiger partial charge is 0.656 e.